The first kappa shape index (κ1) is 30.7. The summed E-state index contributed by atoms with van der Waals surface area (Å²) in [5.41, 5.74) is 11.6. The molecule has 0 unspecified atom stereocenters. The maximum atomic E-state index is 13.2. The number of nitrogens with zero attached hydrogens (tertiary/aromatic N) is 2. The van der Waals surface area contributed by atoms with E-state index in [2.05, 4.69) is 93.7 Å². The number of rotatable bonds is 6. The Balaban J connectivity index is 1.25. The van der Waals surface area contributed by atoms with Crippen molar-refractivity contribution in [2.45, 2.75) is 13.8 Å². The predicted molar refractivity (Wildman–Crippen MR) is 219 cm³/mol. The number of carbonyl (C=O) groups excluding carboxylic acids is 2. The Morgan fingerprint density at radius 2 is 0.833 bits per heavy atom. The van der Waals surface area contributed by atoms with E-state index >= 15 is 0 Å². The molecule has 54 heavy (non-hydrogen) atoms. The molecule has 4 heterocycles. The van der Waals surface area contributed by atoms with Crippen molar-refractivity contribution >= 4 is 88.1 Å². The van der Waals surface area contributed by atoms with Gasteiger partial charge in [0.25, 0.3) is 0 Å². The fraction of sp³-hybridized carbons (Fsp3) is 0.0833. The topological polar surface area (TPSA) is 61.4 Å². The molecule has 11 rings (SSSR count). The van der Waals surface area contributed by atoms with Crippen molar-refractivity contribution in [1.29, 1.82) is 0 Å². The SMILES string of the molecule is CCOC(=O)c1ccccc1-c1ccc2c3cc4c(cc3n3c5ccccc5c1c23)c1ccc(-c2ccccc2C(=O)OCC)c2c3ccccc3n4c12. The van der Waals surface area contributed by atoms with Gasteiger partial charge in [-0.2, -0.15) is 0 Å². The Morgan fingerprint density at radius 1 is 0.426 bits per heavy atom. The fourth-order valence-electron chi connectivity index (χ4n) is 9.17. The summed E-state index contributed by atoms with van der Waals surface area (Å²) < 4.78 is 15.8. The van der Waals surface area contributed by atoms with Crippen molar-refractivity contribution in [3.05, 3.63) is 145 Å². The van der Waals surface area contributed by atoms with E-state index in [1.165, 1.54) is 0 Å². The average Bonchev–Trinajstić information content (AvgIpc) is 3.93. The van der Waals surface area contributed by atoms with E-state index in [1.54, 1.807) is 0 Å². The first-order chi connectivity index (χ1) is 26.6. The van der Waals surface area contributed by atoms with E-state index < -0.39 is 0 Å². The van der Waals surface area contributed by atoms with E-state index in [0.29, 0.717) is 24.3 Å². The van der Waals surface area contributed by atoms with E-state index in [-0.39, 0.29) is 11.9 Å². The first-order valence-electron chi connectivity index (χ1n) is 18.4. The summed E-state index contributed by atoms with van der Waals surface area (Å²) in [4.78, 5) is 26.4. The van der Waals surface area contributed by atoms with Crippen LogP contribution in [0.3, 0.4) is 0 Å². The summed E-state index contributed by atoms with van der Waals surface area (Å²) in [7, 11) is 0. The largest absolute Gasteiger partial charge is 0.462 e. The van der Waals surface area contributed by atoms with Crippen molar-refractivity contribution in [1.82, 2.24) is 8.80 Å². The van der Waals surface area contributed by atoms with Crippen molar-refractivity contribution in [2.75, 3.05) is 13.2 Å². The van der Waals surface area contributed by atoms with Crippen LogP contribution in [-0.4, -0.2) is 34.0 Å². The lowest BCUT2D eigenvalue weighted by Gasteiger charge is -2.11. The van der Waals surface area contributed by atoms with Gasteiger partial charge in [-0.15, -0.1) is 0 Å². The van der Waals surface area contributed by atoms with Crippen LogP contribution in [0.1, 0.15) is 34.6 Å². The third-order valence-electron chi connectivity index (χ3n) is 11.2. The highest BCUT2D eigenvalue weighted by molar-refractivity contribution is 6.32. The molecule has 0 saturated carbocycles. The standard InChI is InChI=1S/C48H32N2O4/c1-3-53-47(51)33-15-7-5-13-27(33)29-21-23-31-37-25-42-38(26-41(37)49-39-19-11-9-17-35(39)43(29)45(31)49)32-24-22-30(28-14-6-8-16-34(28)48(52)54-4-2)44-36-18-10-12-20-40(36)50(42)46(32)44/h5-26H,3-4H2,1-2H3. The van der Waals surface area contributed by atoms with Gasteiger partial charge in [0.2, 0.25) is 0 Å². The highest BCUT2D eigenvalue weighted by atomic mass is 16.5. The van der Waals surface area contributed by atoms with Gasteiger partial charge in [0.05, 0.1) is 57.4 Å². The molecule has 0 fully saturated rings. The van der Waals surface area contributed by atoms with Gasteiger partial charge in [-0.3, -0.25) is 0 Å². The first-order valence-corrected chi connectivity index (χ1v) is 18.4. The third kappa shape index (κ3) is 3.94. The molecule has 6 heteroatoms. The zero-order valence-corrected chi connectivity index (χ0v) is 29.6. The monoisotopic (exact) mass is 700 g/mol. The Kier molecular flexibility index (Phi) is 6.41. The number of esters is 2. The zero-order valence-electron chi connectivity index (χ0n) is 29.6. The minimum absolute atomic E-state index is 0.315. The van der Waals surface area contributed by atoms with Crippen LogP contribution in [0.4, 0.5) is 0 Å². The molecule has 4 aromatic heterocycles. The van der Waals surface area contributed by atoms with E-state index in [0.717, 1.165) is 98.4 Å². The number of carbonyl (C=O) groups is 2. The van der Waals surface area contributed by atoms with E-state index in [1.807, 2.05) is 62.4 Å². The molecule has 0 N–H and O–H groups in total. The smallest absolute Gasteiger partial charge is 0.338 e. The van der Waals surface area contributed by atoms with Gasteiger partial charge in [-0.1, -0.05) is 97.1 Å². The quantitative estimate of drug-likeness (QED) is 0.162. The van der Waals surface area contributed by atoms with Gasteiger partial charge in [-0.25, -0.2) is 9.59 Å². The molecule has 0 spiro atoms. The lowest BCUT2D eigenvalue weighted by molar-refractivity contribution is 0.0517. The van der Waals surface area contributed by atoms with Gasteiger partial charge < -0.3 is 18.3 Å². The highest BCUT2D eigenvalue weighted by Crippen LogP contribution is 2.48. The summed E-state index contributed by atoms with van der Waals surface area (Å²) in [5.74, 6) is -0.639. The lowest BCUT2D eigenvalue weighted by atomic mass is 9.93. The third-order valence-corrected chi connectivity index (χ3v) is 11.2. The molecule has 258 valence electrons. The maximum Gasteiger partial charge on any atom is 0.338 e. The molecule has 11 aromatic rings. The molecule has 0 aliphatic rings. The Bertz CT molecular complexity index is 3120. The minimum atomic E-state index is -0.319. The van der Waals surface area contributed by atoms with Gasteiger partial charge in [0.15, 0.2) is 0 Å². The van der Waals surface area contributed by atoms with Crippen LogP contribution in [-0.2, 0) is 9.47 Å². The Labute approximate surface area is 309 Å². The van der Waals surface area contributed by atoms with Crippen LogP contribution in [0.2, 0.25) is 0 Å². The summed E-state index contributed by atoms with van der Waals surface area (Å²) in [6.45, 7) is 4.30. The molecular weight excluding hydrogens is 669 g/mol. The van der Waals surface area contributed by atoms with Crippen LogP contribution in [0.5, 0.6) is 0 Å². The number of fused-ring (bicyclic) bond motifs is 12. The molecule has 0 aliphatic carbocycles. The fourth-order valence-corrected chi connectivity index (χ4v) is 9.17. The Hall–Kier alpha value is -6.92. The van der Waals surface area contributed by atoms with Gasteiger partial charge >= 0.3 is 11.9 Å². The van der Waals surface area contributed by atoms with Crippen LogP contribution in [0.15, 0.2) is 133 Å². The number of benzene rings is 7. The summed E-state index contributed by atoms with van der Waals surface area (Å²) >= 11 is 0. The second-order valence-electron chi connectivity index (χ2n) is 13.9. The molecule has 6 nitrogen and oxygen atoms in total. The maximum absolute atomic E-state index is 13.2. The van der Waals surface area contributed by atoms with E-state index in [9.17, 15) is 9.59 Å². The van der Waals surface area contributed by atoms with Crippen LogP contribution in [0, 0.1) is 0 Å². The Morgan fingerprint density at radius 3 is 1.28 bits per heavy atom. The molecular formula is C48H32N2O4. The molecule has 0 amide bonds. The van der Waals surface area contributed by atoms with Crippen molar-refractivity contribution in [2.24, 2.45) is 0 Å². The molecule has 0 radical (unpaired) electrons. The summed E-state index contributed by atoms with van der Waals surface area (Å²) in [6.07, 6.45) is 0. The van der Waals surface area contributed by atoms with Crippen LogP contribution >= 0.6 is 0 Å². The summed E-state index contributed by atoms with van der Waals surface area (Å²) in [5, 5.41) is 9.16. The highest BCUT2D eigenvalue weighted by Gasteiger charge is 2.26. The lowest BCUT2D eigenvalue weighted by Crippen LogP contribution is -2.06. The molecule has 0 saturated heterocycles. The molecule has 0 atom stereocenters. The summed E-state index contributed by atoms with van der Waals surface area (Å²) in [6, 6.07) is 46.0. The number of ether oxygens (including phenoxy) is 2. The number of hydrogen-bond donors (Lipinski definition) is 0. The second-order valence-corrected chi connectivity index (χ2v) is 13.9. The zero-order chi connectivity index (χ0) is 36.2. The van der Waals surface area contributed by atoms with Gasteiger partial charge in [-0.05, 0) is 72.5 Å². The normalized spacial score (nSPS) is 12.2. The number of aromatic nitrogens is 2. The van der Waals surface area contributed by atoms with Crippen molar-refractivity contribution in [3.63, 3.8) is 0 Å². The second kappa shape index (κ2) is 11.3. The van der Waals surface area contributed by atoms with Gasteiger partial charge in [0.1, 0.15) is 0 Å². The average molecular weight is 701 g/mol. The van der Waals surface area contributed by atoms with Crippen LogP contribution < -0.4 is 0 Å². The van der Waals surface area contributed by atoms with Crippen molar-refractivity contribution in [3.8, 4) is 22.3 Å². The van der Waals surface area contributed by atoms with Crippen LogP contribution in [0.25, 0.3) is 98.4 Å². The van der Waals surface area contributed by atoms with Crippen molar-refractivity contribution < 1.29 is 19.1 Å². The molecule has 0 aliphatic heterocycles. The molecule has 0 bridgehead atoms. The molecule has 7 aromatic carbocycles. The number of hydrogen-bond acceptors (Lipinski definition) is 4. The minimum Gasteiger partial charge on any atom is -0.462 e. The van der Waals surface area contributed by atoms with Gasteiger partial charge in [0, 0.05) is 43.1 Å². The van der Waals surface area contributed by atoms with E-state index in [4.69, 9.17) is 9.47 Å². The predicted octanol–water partition coefficient (Wildman–Crippen LogP) is 11.7. The number of para-hydroxylation sites is 2.